The molecule has 3 heterocycles. The van der Waals surface area contributed by atoms with Gasteiger partial charge in [-0.05, 0) is 31.2 Å². The van der Waals surface area contributed by atoms with E-state index < -0.39 is 0 Å². The lowest BCUT2D eigenvalue weighted by atomic mass is 10.2. The Balaban J connectivity index is 1.56. The topological polar surface area (TPSA) is 74.3 Å². The first kappa shape index (κ1) is 16.9. The lowest BCUT2D eigenvalue weighted by Gasteiger charge is -2.23. The first-order chi connectivity index (χ1) is 11.7. The highest BCUT2D eigenvalue weighted by Crippen LogP contribution is 2.27. The van der Waals surface area contributed by atoms with Crippen LogP contribution in [-0.4, -0.2) is 41.0 Å². The number of thiophene rings is 1. The number of hydrogen-bond donors (Lipinski definition) is 2. The summed E-state index contributed by atoms with van der Waals surface area (Å²) in [6.45, 7) is 3.45. The third kappa shape index (κ3) is 3.76. The Bertz CT molecular complexity index is 699. The van der Waals surface area contributed by atoms with Gasteiger partial charge in [-0.2, -0.15) is 0 Å². The molecule has 1 aliphatic heterocycles. The molecular formula is C16H20N4O2S2. The van der Waals surface area contributed by atoms with Crippen LogP contribution in [0.4, 0.5) is 4.79 Å². The van der Waals surface area contributed by atoms with E-state index in [2.05, 4.69) is 15.6 Å². The van der Waals surface area contributed by atoms with Crippen molar-refractivity contribution in [3.63, 3.8) is 0 Å². The van der Waals surface area contributed by atoms with Gasteiger partial charge in [0.05, 0.1) is 17.1 Å². The van der Waals surface area contributed by atoms with Gasteiger partial charge in [0.2, 0.25) is 5.91 Å². The summed E-state index contributed by atoms with van der Waals surface area (Å²) in [5.74, 6) is -0.107. The minimum Gasteiger partial charge on any atom is -0.349 e. The normalized spacial score (nSPS) is 17.0. The van der Waals surface area contributed by atoms with Crippen LogP contribution in [-0.2, 0) is 11.3 Å². The molecule has 128 valence electrons. The van der Waals surface area contributed by atoms with E-state index in [0.29, 0.717) is 26.1 Å². The second-order valence-corrected chi connectivity index (χ2v) is 7.33. The van der Waals surface area contributed by atoms with Crippen LogP contribution in [0.15, 0.2) is 22.9 Å². The van der Waals surface area contributed by atoms with E-state index in [1.165, 1.54) is 0 Å². The van der Waals surface area contributed by atoms with Crippen LogP contribution in [0.1, 0.15) is 25.5 Å². The van der Waals surface area contributed by atoms with Gasteiger partial charge >= 0.3 is 6.03 Å². The van der Waals surface area contributed by atoms with Crippen LogP contribution >= 0.6 is 22.7 Å². The lowest BCUT2D eigenvalue weighted by Crippen LogP contribution is -2.49. The maximum absolute atomic E-state index is 12.4. The van der Waals surface area contributed by atoms with Crippen LogP contribution in [0.3, 0.4) is 0 Å². The van der Waals surface area contributed by atoms with E-state index in [4.69, 9.17) is 0 Å². The minimum absolute atomic E-state index is 0.107. The molecule has 1 fully saturated rings. The largest absolute Gasteiger partial charge is 0.349 e. The fourth-order valence-electron chi connectivity index (χ4n) is 2.73. The molecule has 1 unspecified atom stereocenters. The summed E-state index contributed by atoms with van der Waals surface area (Å²) in [5, 5.41) is 10.6. The van der Waals surface area contributed by atoms with Crippen molar-refractivity contribution in [2.75, 3.05) is 13.1 Å². The number of hydrogen-bond acceptors (Lipinski definition) is 5. The highest BCUT2D eigenvalue weighted by atomic mass is 32.1. The Morgan fingerprint density at radius 3 is 3.00 bits per heavy atom. The van der Waals surface area contributed by atoms with Crippen LogP contribution in [0.2, 0.25) is 0 Å². The molecule has 0 aliphatic carbocycles. The van der Waals surface area contributed by atoms with Gasteiger partial charge in [-0.3, -0.25) is 4.79 Å². The molecular weight excluding hydrogens is 344 g/mol. The second-order valence-electron chi connectivity index (χ2n) is 5.53. The number of urea groups is 1. The summed E-state index contributed by atoms with van der Waals surface area (Å²) in [6, 6.07) is 3.49. The van der Waals surface area contributed by atoms with Crippen molar-refractivity contribution in [2.24, 2.45) is 0 Å². The van der Waals surface area contributed by atoms with Crippen molar-refractivity contribution in [3.8, 4) is 9.88 Å². The van der Waals surface area contributed by atoms with E-state index >= 15 is 0 Å². The zero-order valence-electron chi connectivity index (χ0n) is 13.4. The van der Waals surface area contributed by atoms with Gasteiger partial charge in [-0.1, -0.05) is 6.07 Å². The number of rotatable bonds is 5. The fourth-order valence-corrected chi connectivity index (χ4v) is 4.37. The van der Waals surface area contributed by atoms with Crippen LogP contribution in [0.25, 0.3) is 9.88 Å². The van der Waals surface area contributed by atoms with Gasteiger partial charge in [-0.15, -0.1) is 22.7 Å². The van der Waals surface area contributed by atoms with Crippen molar-refractivity contribution in [3.05, 3.63) is 28.6 Å². The summed E-state index contributed by atoms with van der Waals surface area (Å²) < 4.78 is 0. The van der Waals surface area contributed by atoms with Crippen molar-refractivity contribution in [2.45, 2.75) is 32.4 Å². The number of nitrogens with one attached hydrogen (secondary N) is 2. The summed E-state index contributed by atoms with van der Waals surface area (Å²) in [5.41, 5.74) is 0.847. The van der Waals surface area contributed by atoms with Crippen molar-refractivity contribution in [1.29, 1.82) is 0 Å². The Labute approximate surface area is 148 Å². The molecule has 6 nitrogen and oxygen atoms in total. The average molecular weight is 364 g/mol. The summed E-state index contributed by atoms with van der Waals surface area (Å²) in [4.78, 5) is 31.7. The predicted molar refractivity (Wildman–Crippen MR) is 96.1 cm³/mol. The van der Waals surface area contributed by atoms with Gasteiger partial charge in [0.25, 0.3) is 0 Å². The summed E-state index contributed by atoms with van der Waals surface area (Å²) in [7, 11) is 0. The molecule has 0 radical (unpaired) electrons. The predicted octanol–water partition coefficient (Wildman–Crippen LogP) is 2.68. The monoisotopic (exact) mass is 364 g/mol. The second kappa shape index (κ2) is 7.76. The molecule has 2 N–H and O–H groups in total. The van der Waals surface area contributed by atoms with Crippen molar-refractivity contribution >= 4 is 34.6 Å². The van der Waals surface area contributed by atoms with E-state index in [1.54, 1.807) is 27.6 Å². The van der Waals surface area contributed by atoms with Crippen LogP contribution < -0.4 is 10.6 Å². The molecule has 1 saturated heterocycles. The van der Waals surface area contributed by atoms with E-state index in [0.717, 1.165) is 22.0 Å². The zero-order valence-corrected chi connectivity index (χ0v) is 15.1. The average Bonchev–Trinajstić information content (AvgIpc) is 3.33. The Kier molecular flexibility index (Phi) is 5.47. The van der Waals surface area contributed by atoms with E-state index in [-0.39, 0.29) is 18.0 Å². The summed E-state index contributed by atoms with van der Waals surface area (Å²) >= 11 is 3.23. The fraction of sp³-hybridized carbons (Fsp3) is 0.438. The highest BCUT2D eigenvalue weighted by Gasteiger charge is 2.33. The van der Waals surface area contributed by atoms with Crippen molar-refractivity contribution < 1.29 is 9.59 Å². The molecule has 0 spiro atoms. The molecule has 1 aliphatic rings. The van der Waals surface area contributed by atoms with Gasteiger partial charge < -0.3 is 15.5 Å². The van der Waals surface area contributed by atoms with Gasteiger partial charge in [0, 0.05) is 18.5 Å². The first-order valence-electron chi connectivity index (χ1n) is 7.99. The standard InChI is InChI=1S/C16H20N4O2S2/c1-2-17-16(22)20-7-3-5-12(20)14(21)18-9-11-10-24-15(19-11)13-6-4-8-23-13/h4,6,8,10,12H,2-3,5,7,9H2,1H3,(H,17,22)(H,18,21). The van der Waals surface area contributed by atoms with Crippen LogP contribution in [0, 0.1) is 0 Å². The quantitative estimate of drug-likeness (QED) is 0.857. The highest BCUT2D eigenvalue weighted by molar-refractivity contribution is 7.20. The number of likely N-dealkylation sites (tertiary alicyclic amines) is 1. The molecule has 0 aromatic carbocycles. The molecule has 24 heavy (non-hydrogen) atoms. The molecule has 0 bridgehead atoms. The number of thiazole rings is 1. The molecule has 2 aromatic heterocycles. The van der Waals surface area contributed by atoms with E-state index in [1.807, 2.05) is 29.8 Å². The third-order valence-electron chi connectivity index (χ3n) is 3.87. The first-order valence-corrected chi connectivity index (χ1v) is 9.75. The molecule has 1 atom stereocenters. The third-order valence-corrected chi connectivity index (χ3v) is 5.80. The Hall–Kier alpha value is -1.93. The van der Waals surface area contributed by atoms with Crippen molar-refractivity contribution in [1.82, 2.24) is 20.5 Å². The van der Waals surface area contributed by atoms with E-state index in [9.17, 15) is 9.59 Å². The minimum atomic E-state index is -0.382. The molecule has 3 amide bonds. The molecule has 8 heteroatoms. The van der Waals surface area contributed by atoms with Gasteiger partial charge in [-0.25, -0.2) is 9.78 Å². The smallest absolute Gasteiger partial charge is 0.318 e. The number of amides is 3. The zero-order chi connectivity index (χ0) is 16.9. The number of aromatic nitrogens is 1. The lowest BCUT2D eigenvalue weighted by molar-refractivity contribution is -0.124. The number of nitrogens with zero attached hydrogens (tertiary/aromatic N) is 2. The van der Waals surface area contributed by atoms with Crippen LogP contribution in [0.5, 0.6) is 0 Å². The summed E-state index contributed by atoms with van der Waals surface area (Å²) in [6.07, 6.45) is 1.56. The maximum Gasteiger partial charge on any atom is 0.318 e. The van der Waals surface area contributed by atoms with Gasteiger partial charge in [0.1, 0.15) is 11.0 Å². The maximum atomic E-state index is 12.4. The SMILES string of the molecule is CCNC(=O)N1CCCC1C(=O)NCc1csc(-c2cccs2)n1. The Morgan fingerprint density at radius 1 is 1.38 bits per heavy atom. The molecule has 3 rings (SSSR count). The number of carbonyl (C=O) groups is 2. The molecule has 0 saturated carbocycles. The number of carbonyl (C=O) groups excluding carboxylic acids is 2. The van der Waals surface area contributed by atoms with Gasteiger partial charge in [0.15, 0.2) is 0 Å². The molecule has 2 aromatic rings. The Morgan fingerprint density at radius 2 is 2.25 bits per heavy atom.